The summed E-state index contributed by atoms with van der Waals surface area (Å²) in [6.07, 6.45) is 0. The smallest absolute Gasteiger partial charge is 0.214 e. The summed E-state index contributed by atoms with van der Waals surface area (Å²) in [4.78, 5) is 6.16. The van der Waals surface area contributed by atoms with E-state index in [-0.39, 0.29) is 0 Å². The molecule has 0 amide bonds. The van der Waals surface area contributed by atoms with Gasteiger partial charge in [0.05, 0.1) is 12.7 Å². The third-order valence-electron chi connectivity index (χ3n) is 1.93. The lowest BCUT2D eigenvalue weighted by Crippen LogP contribution is -2.36. The first-order valence-corrected chi connectivity index (χ1v) is 4.87. The lowest BCUT2D eigenvalue weighted by molar-refractivity contribution is 0.0884. The SMILES string of the molecule is COc1cccc(N(C)CC(C)(C)O)n1. The van der Waals surface area contributed by atoms with Crippen LogP contribution in [-0.2, 0) is 0 Å². The predicted molar refractivity (Wildman–Crippen MR) is 60.4 cm³/mol. The maximum absolute atomic E-state index is 9.68. The average Bonchev–Trinajstić information content (AvgIpc) is 2.15. The molecule has 1 aromatic heterocycles. The van der Waals surface area contributed by atoms with Crippen LogP contribution in [0.15, 0.2) is 18.2 Å². The minimum atomic E-state index is -0.737. The molecule has 0 aliphatic carbocycles. The Hall–Kier alpha value is -1.29. The van der Waals surface area contributed by atoms with Gasteiger partial charge in [0, 0.05) is 19.7 Å². The summed E-state index contributed by atoms with van der Waals surface area (Å²) in [6.45, 7) is 4.06. The van der Waals surface area contributed by atoms with Crippen molar-refractivity contribution in [1.29, 1.82) is 0 Å². The Morgan fingerprint density at radius 3 is 2.67 bits per heavy atom. The van der Waals surface area contributed by atoms with Crippen molar-refractivity contribution in [2.45, 2.75) is 19.4 Å². The second kappa shape index (κ2) is 4.49. The van der Waals surface area contributed by atoms with Gasteiger partial charge in [-0.3, -0.25) is 0 Å². The summed E-state index contributed by atoms with van der Waals surface area (Å²) in [7, 11) is 3.47. The van der Waals surface area contributed by atoms with Crippen molar-refractivity contribution in [3.05, 3.63) is 18.2 Å². The molecule has 84 valence electrons. The molecular weight excluding hydrogens is 192 g/mol. The number of ether oxygens (including phenoxy) is 1. The van der Waals surface area contributed by atoms with Gasteiger partial charge in [0.2, 0.25) is 5.88 Å². The van der Waals surface area contributed by atoms with Gasteiger partial charge >= 0.3 is 0 Å². The number of anilines is 1. The molecular formula is C11H18N2O2. The molecule has 1 N–H and O–H groups in total. The van der Waals surface area contributed by atoms with E-state index in [1.807, 2.05) is 24.1 Å². The van der Waals surface area contributed by atoms with E-state index >= 15 is 0 Å². The van der Waals surface area contributed by atoms with Crippen molar-refractivity contribution in [2.75, 3.05) is 25.6 Å². The van der Waals surface area contributed by atoms with Crippen molar-refractivity contribution in [1.82, 2.24) is 4.98 Å². The number of aromatic nitrogens is 1. The fraction of sp³-hybridized carbons (Fsp3) is 0.545. The van der Waals surface area contributed by atoms with Gasteiger partial charge in [-0.15, -0.1) is 0 Å². The molecule has 0 fully saturated rings. The van der Waals surface area contributed by atoms with Crippen LogP contribution in [0.3, 0.4) is 0 Å². The fourth-order valence-electron chi connectivity index (χ4n) is 1.39. The Morgan fingerprint density at radius 2 is 2.13 bits per heavy atom. The first kappa shape index (κ1) is 11.8. The predicted octanol–water partition coefficient (Wildman–Crippen LogP) is 1.30. The lowest BCUT2D eigenvalue weighted by Gasteiger charge is -2.26. The molecule has 0 bridgehead atoms. The first-order valence-electron chi connectivity index (χ1n) is 4.87. The van der Waals surface area contributed by atoms with Crippen molar-refractivity contribution in [3.8, 4) is 5.88 Å². The number of hydrogen-bond acceptors (Lipinski definition) is 4. The second-order valence-electron chi connectivity index (χ2n) is 4.21. The van der Waals surface area contributed by atoms with Gasteiger partial charge in [-0.2, -0.15) is 4.98 Å². The minimum Gasteiger partial charge on any atom is -0.481 e. The Labute approximate surface area is 90.5 Å². The Morgan fingerprint density at radius 1 is 1.47 bits per heavy atom. The van der Waals surface area contributed by atoms with Gasteiger partial charge in [0.25, 0.3) is 0 Å². The molecule has 4 nitrogen and oxygen atoms in total. The zero-order valence-corrected chi connectivity index (χ0v) is 9.69. The maximum atomic E-state index is 9.68. The number of nitrogens with zero attached hydrogens (tertiary/aromatic N) is 2. The number of aliphatic hydroxyl groups is 1. The van der Waals surface area contributed by atoms with E-state index < -0.39 is 5.60 Å². The van der Waals surface area contributed by atoms with Crippen LogP contribution in [0.4, 0.5) is 5.82 Å². The van der Waals surface area contributed by atoms with Crippen LogP contribution in [-0.4, -0.2) is 36.4 Å². The van der Waals surface area contributed by atoms with E-state index in [0.29, 0.717) is 12.4 Å². The summed E-state index contributed by atoms with van der Waals surface area (Å²) in [5.74, 6) is 1.37. The highest BCUT2D eigenvalue weighted by Gasteiger charge is 2.16. The highest BCUT2D eigenvalue weighted by atomic mass is 16.5. The number of methoxy groups -OCH3 is 1. The minimum absolute atomic E-state index is 0.521. The number of hydrogen-bond donors (Lipinski definition) is 1. The van der Waals surface area contributed by atoms with E-state index in [1.54, 1.807) is 27.0 Å². The molecule has 0 aromatic carbocycles. The van der Waals surface area contributed by atoms with Gasteiger partial charge in [-0.05, 0) is 19.9 Å². The molecule has 0 saturated heterocycles. The van der Waals surface area contributed by atoms with Crippen LogP contribution in [0.1, 0.15) is 13.8 Å². The van der Waals surface area contributed by atoms with Gasteiger partial charge in [-0.1, -0.05) is 6.07 Å². The maximum Gasteiger partial charge on any atom is 0.214 e. The highest BCUT2D eigenvalue weighted by Crippen LogP contribution is 2.16. The Kier molecular flexibility index (Phi) is 3.52. The quantitative estimate of drug-likeness (QED) is 0.813. The molecule has 0 spiro atoms. The molecule has 1 aromatic rings. The zero-order valence-electron chi connectivity index (χ0n) is 9.69. The molecule has 15 heavy (non-hydrogen) atoms. The molecule has 1 heterocycles. The average molecular weight is 210 g/mol. The number of pyridine rings is 1. The Bertz CT molecular complexity index is 321. The van der Waals surface area contributed by atoms with Gasteiger partial charge < -0.3 is 14.7 Å². The number of likely N-dealkylation sites (N-methyl/N-ethyl adjacent to an activating group) is 1. The van der Waals surface area contributed by atoms with Crippen molar-refractivity contribution >= 4 is 5.82 Å². The van der Waals surface area contributed by atoms with Crippen LogP contribution in [0.2, 0.25) is 0 Å². The summed E-state index contributed by atoms with van der Waals surface area (Å²) in [6, 6.07) is 5.55. The molecule has 1 rings (SSSR count). The van der Waals surface area contributed by atoms with Gasteiger partial charge in [0.1, 0.15) is 5.82 Å². The molecule has 0 aliphatic heterocycles. The van der Waals surface area contributed by atoms with Crippen LogP contribution in [0, 0.1) is 0 Å². The van der Waals surface area contributed by atoms with E-state index in [1.165, 1.54) is 0 Å². The normalized spacial score (nSPS) is 11.3. The standard InChI is InChI=1S/C11H18N2O2/c1-11(2,14)8-13(3)9-6-5-7-10(12-9)15-4/h5-7,14H,8H2,1-4H3. The van der Waals surface area contributed by atoms with Crippen molar-refractivity contribution in [2.24, 2.45) is 0 Å². The third-order valence-corrected chi connectivity index (χ3v) is 1.93. The van der Waals surface area contributed by atoms with Gasteiger partial charge in [0.15, 0.2) is 0 Å². The lowest BCUT2D eigenvalue weighted by atomic mass is 10.1. The summed E-state index contributed by atoms with van der Waals surface area (Å²) < 4.78 is 5.03. The summed E-state index contributed by atoms with van der Waals surface area (Å²) in [5, 5.41) is 9.68. The van der Waals surface area contributed by atoms with Crippen LogP contribution in [0.25, 0.3) is 0 Å². The molecule has 0 saturated carbocycles. The monoisotopic (exact) mass is 210 g/mol. The van der Waals surface area contributed by atoms with Crippen LogP contribution >= 0.6 is 0 Å². The number of rotatable bonds is 4. The van der Waals surface area contributed by atoms with Crippen LogP contribution in [0.5, 0.6) is 5.88 Å². The molecule has 0 aliphatic rings. The van der Waals surface area contributed by atoms with E-state index in [0.717, 1.165) is 5.82 Å². The fourth-order valence-corrected chi connectivity index (χ4v) is 1.39. The summed E-state index contributed by atoms with van der Waals surface area (Å²) in [5.41, 5.74) is -0.737. The van der Waals surface area contributed by atoms with Gasteiger partial charge in [-0.25, -0.2) is 0 Å². The highest BCUT2D eigenvalue weighted by molar-refractivity contribution is 5.40. The largest absolute Gasteiger partial charge is 0.481 e. The molecule has 0 unspecified atom stereocenters. The Balaban J connectivity index is 2.77. The second-order valence-corrected chi connectivity index (χ2v) is 4.21. The molecule has 4 heteroatoms. The van der Waals surface area contributed by atoms with Crippen molar-refractivity contribution in [3.63, 3.8) is 0 Å². The molecule has 0 atom stereocenters. The summed E-state index contributed by atoms with van der Waals surface area (Å²) >= 11 is 0. The third kappa shape index (κ3) is 3.75. The van der Waals surface area contributed by atoms with E-state index in [4.69, 9.17) is 4.74 Å². The van der Waals surface area contributed by atoms with E-state index in [9.17, 15) is 5.11 Å². The topological polar surface area (TPSA) is 45.6 Å². The van der Waals surface area contributed by atoms with Crippen LogP contribution < -0.4 is 9.64 Å². The zero-order chi connectivity index (χ0) is 11.5. The van der Waals surface area contributed by atoms with Crippen molar-refractivity contribution < 1.29 is 9.84 Å². The molecule has 0 radical (unpaired) electrons. The first-order chi connectivity index (χ1) is 6.92. The van der Waals surface area contributed by atoms with E-state index in [2.05, 4.69) is 4.98 Å².